The number of benzene rings is 1. The maximum absolute atomic E-state index is 6.50. The van der Waals surface area contributed by atoms with Gasteiger partial charge in [0.2, 0.25) is 0 Å². The van der Waals surface area contributed by atoms with Crippen molar-refractivity contribution < 1.29 is 0 Å². The summed E-state index contributed by atoms with van der Waals surface area (Å²) >= 11 is 0. The highest BCUT2D eigenvalue weighted by Crippen LogP contribution is 2.40. The van der Waals surface area contributed by atoms with Gasteiger partial charge in [0.15, 0.2) is 0 Å². The van der Waals surface area contributed by atoms with Gasteiger partial charge in [-0.25, -0.2) is 0 Å². The first kappa shape index (κ1) is 14.1. The smallest absolute Gasteiger partial charge is 0.0499 e. The van der Waals surface area contributed by atoms with Crippen molar-refractivity contribution in [2.45, 2.75) is 63.5 Å². The van der Waals surface area contributed by atoms with Gasteiger partial charge in [-0.15, -0.1) is 0 Å². The Hall–Kier alpha value is -0.860. The third kappa shape index (κ3) is 3.07. The summed E-state index contributed by atoms with van der Waals surface area (Å²) < 4.78 is 0. The summed E-state index contributed by atoms with van der Waals surface area (Å²) in [6.07, 6.45) is 7.70. The molecule has 0 spiro atoms. The van der Waals surface area contributed by atoms with Crippen molar-refractivity contribution in [2.75, 3.05) is 13.1 Å². The van der Waals surface area contributed by atoms with Crippen LogP contribution >= 0.6 is 0 Å². The van der Waals surface area contributed by atoms with Crippen LogP contribution in [0.4, 0.5) is 0 Å². The molecule has 110 valence electrons. The van der Waals surface area contributed by atoms with E-state index < -0.39 is 0 Å². The molecule has 1 aromatic carbocycles. The molecule has 1 aliphatic carbocycles. The lowest BCUT2D eigenvalue weighted by atomic mass is 9.95. The van der Waals surface area contributed by atoms with E-state index in [0.717, 1.165) is 12.3 Å². The van der Waals surface area contributed by atoms with Crippen molar-refractivity contribution in [3.63, 3.8) is 0 Å². The van der Waals surface area contributed by atoms with Gasteiger partial charge in [-0.2, -0.15) is 0 Å². The molecule has 0 radical (unpaired) electrons. The second-order valence-electron chi connectivity index (χ2n) is 6.58. The Morgan fingerprint density at radius 3 is 2.40 bits per heavy atom. The summed E-state index contributed by atoms with van der Waals surface area (Å²) in [6.45, 7) is 4.64. The van der Waals surface area contributed by atoms with Crippen molar-refractivity contribution in [2.24, 2.45) is 5.73 Å². The van der Waals surface area contributed by atoms with Crippen LogP contribution in [-0.2, 0) is 0 Å². The van der Waals surface area contributed by atoms with Gasteiger partial charge in [-0.05, 0) is 62.2 Å². The average Bonchev–Trinajstić information content (AvgIpc) is 3.28. The fourth-order valence-electron chi connectivity index (χ4n) is 3.64. The molecule has 0 bridgehead atoms. The lowest BCUT2D eigenvalue weighted by Crippen LogP contribution is -2.40. The van der Waals surface area contributed by atoms with Crippen LogP contribution < -0.4 is 5.73 Å². The Morgan fingerprint density at radius 1 is 1.05 bits per heavy atom. The second kappa shape index (κ2) is 6.28. The molecule has 2 atom stereocenters. The fraction of sp³-hybridized carbons (Fsp3) is 0.667. The van der Waals surface area contributed by atoms with Crippen LogP contribution in [0.25, 0.3) is 0 Å². The zero-order chi connectivity index (χ0) is 13.9. The number of likely N-dealkylation sites (tertiary alicyclic amines) is 1. The van der Waals surface area contributed by atoms with Gasteiger partial charge in [0.25, 0.3) is 0 Å². The highest BCUT2D eigenvalue weighted by Gasteiger charge is 2.29. The average molecular weight is 272 g/mol. The molecule has 3 rings (SSSR count). The molecule has 1 saturated carbocycles. The van der Waals surface area contributed by atoms with E-state index in [1.165, 1.54) is 56.3 Å². The minimum atomic E-state index is 0.288. The number of hydrogen-bond donors (Lipinski definition) is 1. The predicted molar refractivity (Wildman–Crippen MR) is 84.8 cm³/mol. The quantitative estimate of drug-likeness (QED) is 0.902. The molecular formula is C18H28N2. The zero-order valence-electron chi connectivity index (χ0n) is 12.7. The first-order chi connectivity index (χ1) is 9.79. The van der Waals surface area contributed by atoms with Crippen LogP contribution in [0.1, 0.15) is 68.5 Å². The molecule has 0 amide bonds. The molecule has 1 heterocycles. The van der Waals surface area contributed by atoms with Crippen molar-refractivity contribution in [3.8, 4) is 0 Å². The number of nitrogens with zero attached hydrogens (tertiary/aromatic N) is 1. The van der Waals surface area contributed by atoms with E-state index in [1.54, 1.807) is 0 Å². The molecule has 1 aliphatic heterocycles. The highest BCUT2D eigenvalue weighted by molar-refractivity contribution is 5.30. The van der Waals surface area contributed by atoms with Crippen LogP contribution in [0.15, 0.2) is 24.3 Å². The standard InChI is InChI=1S/C18H28N2/c1-2-12-20-13-4-3-5-17(19)18(20)16-10-8-15(9-11-16)14-6-7-14/h8-11,14,17-18H,2-7,12-13,19H2,1H3. The number of hydrogen-bond acceptors (Lipinski definition) is 2. The monoisotopic (exact) mass is 272 g/mol. The number of nitrogens with two attached hydrogens (primary N) is 1. The van der Waals surface area contributed by atoms with Crippen molar-refractivity contribution >= 4 is 0 Å². The first-order valence-corrected chi connectivity index (χ1v) is 8.39. The largest absolute Gasteiger partial charge is 0.326 e. The predicted octanol–water partition coefficient (Wildman–Crippen LogP) is 3.83. The van der Waals surface area contributed by atoms with Gasteiger partial charge in [0.1, 0.15) is 0 Å². The fourth-order valence-corrected chi connectivity index (χ4v) is 3.64. The van der Waals surface area contributed by atoms with Crippen LogP contribution in [0.5, 0.6) is 0 Å². The molecule has 2 nitrogen and oxygen atoms in total. The molecule has 2 heteroatoms. The molecule has 2 fully saturated rings. The van der Waals surface area contributed by atoms with E-state index in [0.29, 0.717) is 6.04 Å². The summed E-state index contributed by atoms with van der Waals surface area (Å²) in [5.74, 6) is 0.846. The molecule has 2 unspecified atom stereocenters. The minimum absolute atomic E-state index is 0.288. The lowest BCUT2D eigenvalue weighted by Gasteiger charge is -2.33. The third-order valence-corrected chi connectivity index (χ3v) is 4.87. The minimum Gasteiger partial charge on any atom is -0.326 e. The molecule has 2 aliphatic rings. The molecule has 20 heavy (non-hydrogen) atoms. The van der Waals surface area contributed by atoms with Crippen molar-refractivity contribution in [1.29, 1.82) is 0 Å². The zero-order valence-corrected chi connectivity index (χ0v) is 12.7. The van der Waals surface area contributed by atoms with Crippen LogP contribution in [0, 0.1) is 0 Å². The van der Waals surface area contributed by atoms with Crippen LogP contribution in [-0.4, -0.2) is 24.0 Å². The van der Waals surface area contributed by atoms with E-state index in [-0.39, 0.29) is 6.04 Å². The van der Waals surface area contributed by atoms with Gasteiger partial charge >= 0.3 is 0 Å². The lowest BCUT2D eigenvalue weighted by molar-refractivity contribution is 0.186. The van der Waals surface area contributed by atoms with Gasteiger partial charge in [0, 0.05) is 12.1 Å². The van der Waals surface area contributed by atoms with Gasteiger partial charge < -0.3 is 5.73 Å². The Labute approximate surface area is 123 Å². The molecule has 0 aromatic heterocycles. The molecular weight excluding hydrogens is 244 g/mol. The Bertz CT molecular complexity index is 422. The summed E-state index contributed by atoms with van der Waals surface area (Å²) in [4.78, 5) is 2.61. The van der Waals surface area contributed by atoms with Crippen LogP contribution in [0.2, 0.25) is 0 Å². The number of rotatable bonds is 4. The summed E-state index contributed by atoms with van der Waals surface area (Å²) in [5.41, 5.74) is 9.45. The van der Waals surface area contributed by atoms with E-state index in [4.69, 9.17) is 5.73 Å². The Morgan fingerprint density at radius 2 is 1.75 bits per heavy atom. The summed E-state index contributed by atoms with van der Waals surface area (Å²) in [5, 5.41) is 0. The third-order valence-electron chi connectivity index (χ3n) is 4.87. The van der Waals surface area contributed by atoms with Crippen molar-refractivity contribution in [1.82, 2.24) is 4.90 Å². The maximum Gasteiger partial charge on any atom is 0.0499 e. The normalized spacial score (nSPS) is 28.3. The second-order valence-corrected chi connectivity index (χ2v) is 6.58. The van der Waals surface area contributed by atoms with E-state index in [2.05, 4.69) is 36.1 Å². The SMILES string of the molecule is CCCN1CCCCC(N)C1c1ccc(C2CC2)cc1. The van der Waals surface area contributed by atoms with E-state index in [9.17, 15) is 0 Å². The van der Waals surface area contributed by atoms with Crippen molar-refractivity contribution in [3.05, 3.63) is 35.4 Å². The van der Waals surface area contributed by atoms with Gasteiger partial charge in [0.05, 0.1) is 0 Å². The van der Waals surface area contributed by atoms with E-state index in [1.807, 2.05) is 0 Å². The highest BCUT2D eigenvalue weighted by atomic mass is 15.2. The Kier molecular flexibility index (Phi) is 4.42. The van der Waals surface area contributed by atoms with Gasteiger partial charge in [-0.1, -0.05) is 37.6 Å². The Balaban J connectivity index is 1.81. The topological polar surface area (TPSA) is 29.3 Å². The molecule has 1 saturated heterocycles. The van der Waals surface area contributed by atoms with E-state index >= 15 is 0 Å². The maximum atomic E-state index is 6.50. The summed E-state index contributed by atoms with van der Waals surface area (Å²) in [6, 6.07) is 10.1. The van der Waals surface area contributed by atoms with Gasteiger partial charge in [-0.3, -0.25) is 4.90 Å². The first-order valence-electron chi connectivity index (χ1n) is 8.39. The molecule has 2 N–H and O–H groups in total. The molecule has 1 aromatic rings. The van der Waals surface area contributed by atoms with Crippen LogP contribution in [0.3, 0.4) is 0 Å². The summed E-state index contributed by atoms with van der Waals surface area (Å²) in [7, 11) is 0.